The molecule has 146 valence electrons. The number of aromatic nitrogens is 4. The monoisotopic (exact) mass is 395 g/mol. The molecule has 0 bridgehead atoms. The third-order valence-electron chi connectivity index (χ3n) is 4.66. The summed E-state index contributed by atoms with van der Waals surface area (Å²) in [6.07, 6.45) is 0.970. The van der Waals surface area contributed by atoms with Gasteiger partial charge in [-0.05, 0) is 48.4 Å². The first-order valence-electron chi connectivity index (χ1n) is 9.43. The van der Waals surface area contributed by atoms with Gasteiger partial charge in [0, 0.05) is 12.5 Å². The van der Waals surface area contributed by atoms with Crippen LogP contribution in [0.5, 0.6) is 0 Å². The molecule has 0 saturated heterocycles. The van der Waals surface area contributed by atoms with Gasteiger partial charge in [-0.2, -0.15) is 4.68 Å². The maximum Gasteiger partial charge on any atom is 0.233 e. The van der Waals surface area contributed by atoms with Gasteiger partial charge in [-0.3, -0.25) is 4.79 Å². The Morgan fingerprint density at radius 2 is 1.86 bits per heavy atom. The Morgan fingerprint density at radius 1 is 1.14 bits per heavy atom. The largest absolute Gasteiger partial charge is 0.355 e. The van der Waals surface area contributed by atoms with Crippen molar-refractivity contribution in [2.75, 3.05) is 6.54 Å². The van der Waals surface area contributed by atoms with Crippen molar-refractivity contribution in [3.63, 3.8) is 0 Å². The van der Waals surface area contributed by atoms with Gasteiger partial charge in [0.25, 0.3) is 0 Å². The number of tetrazole rings is 1. The minimum absolute atomic E-state index is 0.0159. The first-order chi connectivity index (χ1) is 13.6. The van der Waals surface area contributed by atoms with E-state index in [1.54, 1.807) is 4.68 Å². The zero-order chi connectivity index (χ0) is 19.9. The summed E-state index contributed by atoms with van der Waals surface area (Å²) in [7, 11) is 0. The molecule has 0 fully saturated rings. The van der Waals surface area contributed by atoms with Gasteiger partial charge >= 0.3 is 0 Å². The number of nitrogens with zero attached hydrogens (tertiary/aromatic N) is 4. The highest BCUT2D eigenvalue weighted by Crippen LogP contribution is 2.24. The number of aryl methyl sites for hydroxylation is 1. The Kier molecular flexibility index (Phi) is 6.81. The first kappa shape index (κ1) is 20.1. The molecule has 6 nitrogen and oxygen atoms in total. The Hall–Kier alpha value is -2.67. The van der Waals surface area contributed by atoms with Crippen LogP contribution in [-0.4, -0.2) is 37.9 Å². The van der Waals surface area contributed by atoms with E-state index in [1.165, 1.54) is 22.9 Å². The van der Waals surface area contributed by atoms with Crippen molar-refractivity contribution >= 4 is 17.7 Å². The van der Waals surface area contributed by atoms with Gasteiger partial charge in [-0.15, -0.1) is 5.10 Å². The highest BCUT2D eigenvalue weighted by molar-refractivity contribution is 8.00. The summed E-state index contributed by atoms with van der Waals surface area (Å²) in [6.45, 7) is 6.66. The topological polar surface area (TPSA) is 72.7 Å². The molecule has 3 aromatic rings. The smallest absolute Gasteiger partial charge is 0.233 e. The second-order valence-corrected chi connectivity index (χ2v) is 8.04. The van der Waals surface area contributed by atoms with Crippen molar-refractivity contribution < 1.29 is 4.79 Å². The molecule has 7 heteroatoms. The van der Waals surface area contributed by atoms with Crippen LogP contribution in [0, 0.1) is 6.92 Å². The van der Waals surface area contributed by atoms with Gasteiger partial charge in [0.15, 0.2) is 0 Å². The molecule has 2 atom stereocenters. The maximum atomic E-state index is 12.6. The number of nitrogens with one attached hydrogen (secondary N) is 1. The molecule has 3 rings (SSSR count). The summed E-state index contributed by atoms with van der Waals surface area (Å²) < 4.78 is 1.66. The lowest BCUT2D eigenvalue weighted by molar-refractivity contribution is -0.120. The molecule has 0 aliphatic carbocycles. The van der Waals surface area contributed by atoms with E-state index in [4.69, 9.17) is 0 Å². The van der Waals surface area contributed by atoms with Crippen LogP contribution in [0.3, 0.4) is 0 Å². The normalized spacial score (nSPS) is 13.1. The van der Waals surface area contributed by atoms with E-state index in [9.17, 15) is 4.79 Å². The summed E-state index contributed by atoms with van der Waals surface area (Å²) in [5, 5.41) is 15.3. The maximum absolute atomic E-state index is 12.6. The molecule has 1 amide bonds. The van der Waals surface area contributed by atoms with Crippen LogP contribution in [0.2, 0.25) is 0 Å². The van der Waals surface area contributed by atoms with Crippen molar-refractivity contribution in [3.8, 4) is 5.69 Å². The van der Waals surface area contributed by atoms with Gasteiger partial charge in [-0.1, -0.05) is 66.7 Å². The van der Waals surface area contributed by atoms with Crippen LogP contribution in [0.25, 0.3) is 5.69 Å². The van der Waals surface area contributed by atoms with Gasteiger partial charge in [0.1, 0.15) is 0 Å². The van der Waals surface area contributed by atoms with E-state index in [0.29, 0.717) is 17.6 Å². The fraction of sp³-hybridized carbons (Fsp3) is 0.333. The molecule has 0 saturated carbocycles. The Labute approximate surface area is 169 Å². The standard InChI is InChI=1S/C21H25N5OS/c1-4-17(18-8-6-5-7-9-18)14-22-20(27)16(3)28-21-23-24-25-26(21)19-12-10-15(2)11-13-19/h5-13,16-17H,4,14H2,1-3H3,(H,22,27)/t16-,17+/m0/s1. The zero-order valence-electron chi connectivity index (χ0n) is 16.4. The van der Waals surface area contributed by atoms with Crippen molar-refractivity contribution in [2.24, 2.45) is 0 Å². The van der Waals surface area contributed by atoms with E-state index < -0.39 is 0 Å². The number of hydrogen-bond donors (Lipinski definition) is 1. The summed E-state index contributed by atoms with van der Waals surface area (Å²) in [5.74, 6) is 0.290. The predicted molar refractivity (Wildman–Crippen MR) is 112 cm³/mol. The van der Waals surface area contributed by atoms with Gasteiger partial charge < -0.3 is 5.32 Å². The van der Waals surface area contributed by atoms with Crippen molar-refractivity contribution in [1.29, 1.82) is 0 Å². The number of benzene rings is 2. The van der Waals surface area contributed by atoms with Crippen LogP contribution >= 0.6 is 11.8 Å². The highest BCUT2D eigenvalue weighted by atomic mass is 32.2. The molecule has 1 aromatic heterocycles. The molecule has 0 spiro atoms. The number of thioether (sulfide) groups is 1. The van der Waals surface area contributed by atoms with Gasteiger partial charge in [0.05, 0.1) is 10.9 Å². The highest BCUT2D eigenvalue weighted by Gasteiger charge is 2.20. The first-order valence-corrected chi connectivity index (χ1v) is 10.3. The number of hydrogen-bond acceptors (Lipinski definition) is 5. The third-order valence-corrected chi connectivity index (χ3v) is 5.69. The summed E-state index contributed by atoms with van der Waals surface area (Å²) in [4.78, 5) is 12.6. The molecule has 0 radical (unpaired) electrons. The molecule has 0 aliphatic heterocycles. The van der Waals surface area contributed by atoms with E-state index in [0.717, 1.165) is 12.1 Å². The molecular formula is C21H25N5OS. The fourth-order valence-electron chi connectivity index (χ4n) is 2.90. The molecule has 1 heterocycles. The van der Waals surface area contributed by atoms with Crippen molar-refractivity contribution in [1.82, 2.24) is 25.5 Å². The molecule has 0 aliphatic rings. The average Bonchev–Trinajstić information content (AvgIpc) is 3.17. The van der Waals surface area contributed by atoms with Crippen molar-refractivity contribution in [2.45, 2.75) is 43.5 Å². The zero-order valence-corrected chi connectivity index (χ0v) is 17.2. The number of carbonyl (C=O) groups is 1. The fourth-order valence-corrected chi connectivity index (χ4v) is 3.73. The molecular weight excluding hydrogens is 370 g/mol. The number of rotatable bonds is 8. The number of amides is 1. The Morgan fingerprint density at radius 3 is 2.54 bits per heavy atom. The summed E-state index contributed by atoms with van der Waals surface area (Å²) in [5.41, 5.74) is 3.29. The van der Waals surface area contributed by atoms with E-state index in [2.05, 4.69) is 39.9 Å². The SMILES string of the molecule is CC[C@H](CNC(=O)[C@H](C)Sc1nnnn1-c1ccc(C)cc1)c1ccccc1. The summed E-state index contributed by atoms with van der Waals surface area (Å²) in [6, 6.07) is 18.2. The lowest BCUT2D eigenvalue weighted by atomic mass is 9.96. The Bertz CT molecular complexity index is 895. The minimum atomic E-state index is -0.302. The quantitative estimate of drug-likeness (QED) is 0.588. The van der Waals surface area contributed by atoms with Crippen LogP contribution in [0.15, 0.2) is 59.8 Å². The van der Waals surface area contributed by atoms with E-state index in [1.807, 2.05) is 56.3 Å². The van der Waals surface area contributed by atoms with Gasteiger partial charge in [0.2, 0.25) is 11.1 Å². The van der Waals surface area contributed by atoms with E-state index in [-0.39, 0.29) is 11.2 Å². The van der Waals surface area contributed by atoms with E-state index >= 15 is 0 Å². The summed E-state index contributed by atoms with van der Waals surface area (Å²) >= 11 is 1.35. The van der Waals surface area contributed by atoms with Crippen LogP contribution in [0.4, 0.5) is 0 Å². The number of carbonyl (C=O) groups excluding carboxylic acids is 1. The second kappa shape index (κ2) is 9.50. The Balaban J connectivity index is 1.60. The molecule has 1 N–H and O–H groups in total. The van der Waals surface area contributed by atoms with Crippen LogP contribution < -0.4 is 5.32 Å². The lowest BCUT2D eigenvalue weighted by Crippen LogP contribution is -2.34. The molecule has 2 aromatic carbocycles. The minimum Gasteiger partial charge on any atom is -0.355 e. The lowest BCUT2D eigenvalue weighted by Gasteiger charge is -2.18. The van der Waals surface area contributed by atoms with Crippen LogP contribution in [-0.2, 0) is 4.79 Å². The van der Waals surface area contributed by atoms with Crippen molar-refractivity contribution in [3.05, 3.63) is 65.7 Å². The second-order valence-electron chi connectivity index (χ2n) is 6.73. The predicted octanol–water partition coefficient (Wildman–Crippen LogP) is 3.76. The third kappa shape index (κ3) is 4.98. The average molecular weight is 396 g/mol. The van der Waals surface area contributed by atoms with Gasteiger partial charge in [-0.25, -0.2) is 0 Å². The molecule has 0 unspecified atom stereocenters. The molecule has 28 heavy (non-hydrogen) atoms. The van der Waals surface area contributed by atoms with Crippen LogP contribution in [0.1, 0.15) is 37.3 Å².